The van der Waals surface area contributed by atoms with E-state index in [1.54, 1.807) is 18.2 Å². The maximum atomic E-state index is 14.7. The van der Waals surface area contributed by atoms with Gasteiger partial charge in [0, 0.05) is 43.0 Å². The minimum Gasteiger partial charge on any atom is -0.486 e. The van der Waals surface area contributed by atoms with Gasteiger partial charge in [0.05, 0.1) is 12.1 Å². The topological polar surface area (TPSA) is 128 Å². The summed E-state index contributed by atoms with van der Waals surface area (Å²) in [5, 5.41) is 21.9. The zero-order valence-corrected chi connectivity index (χ0v) is 21.5. The second-order valence-corrected chi connectivity index (χ2v) is 9.63. The van der Waals surface area contributed by atoms with E-state index in [4.69, 9.17) is 9.84 Å². The Bertz CT molecular complexity index is 1340. The standard InChI is InChI=1S/C28H30FN7O3/c29-23-16-36(26(38)17-37)13-10-25(23)39-24-9-4-19(14-20(24)15-30)27-31-18-32-28(34-27)33-21-5-7-22(8-6-21)35-11-2-1-3-12-35/h4-9,14,18,23,25,37H,1-3,10-13,16-17H2,(H,31,32,33,34). The zero-order valence-electron chi connectivity index (χ0n) is 21.5. The number of rotatable bonds is 7. The fourth-order valence-corrected chi connectivity index (χ4v) is 4.90. The van der Waals surface area contributed by atoms with E-state index < -0.39 is 24.8 Å². The Labute approximate surface area is 226 Å². The van der Waals surface area contributed by atoms with Crippen LogP contribution >= 0.6 is 0 Å². The maximum Gasteiger partial charge on any atom is 0.248 e. The highest BCUT2D eigenvalue weighted by Crippen LogP contribution is 2.29. The number of hydrogen-bond acceptors (Lipinski definition) is 9. The Morgan fingerprint density at radius 2 is 1.92 bits per heavy atom. The highest BCUT2D eigenvalue weighted by atomic mass is 19.1. The predicted molar refractivity (Wildman–Crippen MR) is 143 cm³/mol. The van der Waals surface area contributed by atoms with Gasteiger partial charge in [0.2, 0.25) is 11.9 Å². The number of alkyl halides is 1. The average Bonchev–Trinajstić information content (AvgIpc) is 2.99. The summed E-state index contributed by atoms with van der Waals surface area (Å²) in [6, 6.07) is 15.2. The Kier molecular flexibility index (Phi) is 8.13. The lowest BCUT2D eigenvalue weighted by Gasteiger charge is -2.34. The number of aliphatic hydroxyl groups excluding tert-OH is 1. The number of halogens is 1. The normalized spacial score (nSPS) is 19.3. The largest absolute Gasteiger partial charge is 0.486 e. The van der Waals surface area contributed by atoms with Crippen LogP contribution in [0.1, 0.15) is 31.2 Å². The van der Waals surface area contributed by atoms with Crippen molar-refractivity contribution in [3.8, 4) is 23.2 Å². The lowest BCUT2D eigenvalue weighted by molar-refractivity contribution is -0.138. The molecule has 2 fully saturated rings. The molecular weight excluding hydrogens is 501 g/mol. The fraction of sp³-hybridized carbons (Fsp3) is 0.393. The summed E-state index contributed by atoms with van der Waals surface area (Å²) in [6.07, 6.45) is 3.14. The molecule has 1 amide bonds. The van der Waals surface area contributed by atoms with Crippen LogP contribution < -0.4 is 15.0 Å². The van der Waals surface area contributed by atoms with Gasteiger partial charge in [-0.25, -0.2) is 14.4 Å². The number of nitriles is 1. The molecule has 2 N–H and O–H groups in total. The molecule has 10 nitrogen and oxygen atoms in total. The molecule has 11 heteroatoms. The van der Waals surface area contributed by atoms with E-state index in [2.05, 4.69) is 43.4 Å². The lowest BCUT2D eigenvalue weighted by Crippen LogP contribution is -2.50. The van der Waals surface area contributed by atoms with Gasteiger partial charge < -0.3 is 25.0 Å². The van der Waals surface area contributed by atoms with E-state index in [0.717, 1.165) is 18.8 Å². The van der Waals surface area contributed by atoms with Crippen molar-refractivity contribution in [1.82, 2.24) is 19.9 Å². The third-order valence-corrected chi connectivity index (χ3v) is 7.02. The monoisotopic (exact) mass is 531 g/mol. The van der Waals surface area contributed by atoms with Crippen LogP contribution in [-0.4, -0.2) is 75.9 Å². The van der Waals surface area contributed by atoms with Gasteiger partial charge >= 0.3 is 0 Å². The number of aliphatic hydroxyl groups is 1. The van der Waals surface area contributed by atoms with Crippen molar-refractivity contribution in [3.05, 3.63) is 54.4 Å². The summed E-state index contributed by atoms with van der Waals surface area (Å²) in [7, 11) is 0. The molecule has 2 aliphatic heterocycles. The SMILES string of the molecule is N#Cc1cc(-c2ncnc(Nc3ccc(N4CCCCC4)cc3)n2)ccc1OC1CCN(C(=O)CO)CC1F. The Morgan fingerprint density at radius 1 is 1.13 bits per heavy atom. The number of ether oxygens (including phenoxy) is 1. The summed E-state index contributed by atoms with van der Waals surface area (Å²) in [6.45, 7) is 1.62. The highest BCUT2D eigenvalue weighted by Gasteiger charge is 2.33. The molecule has 2 aliphatic rings. The minimum atomic E-state index is -1.44. The molecule has 2 saturated heterocycles. The Hall–Kier alpha value is -4.30. The molecule has 5 rings (SSSR count). The number of hydrogen-bond donors (Lipinski definition) is 2. The van der Waals surface area contributed by atoms with Crippen molar-refractivity contribution in [3.63, 3.8) is 0 Å². The molecule has 0 bridgehead atoms. The van der Waals surface area contributed by atoms with E-state index in [1.807, 2.05) is 12.1 Å². The smallest absolute Gasteiger partial charge is 0.248 e. The van der Waals surface area contributed by atoms with Crippen LogP contribution in [0.15, 0.2) is 48.8 Å². The van der Waals surface area contributed by atoms with Gasteiger partial charge in [0.1, 0.15) is 30.9 Å². The summed E-state index contributed by atoms with van der Waals surface area (Å²) in [4.78, 5) is 28.3. The quantitative estimate of drug-likeness (QED) is 0.471. The Morgan fingerprint density at radius 3 is 2.64 bits per heavy atom. The summed E-state index contributed by atoms with van der Waals surface area (Å²) < 4.78 is 20.5. The minimum absolute atomic E-state index is 0.161. The number of benzene rings is 2. The maximum absolute atomic E-state index is 14.7. The molecular formula is C28H30FN7O3. The molecule has 2 aromatic carbocycles. The van der Waals surface area contributed by atoms with Crippen LogP contribution in [-0.2, 0) is 4.79 Å². The molecule has 0 spiro atoms. The van der Waals surface area contributed by atoms with Crippen molar-refractivity contribution in [2.24, 2.45) is 0 Å². The van der Waals surface area contributed by atoms with Crippen molar-refractivity contribution in [2.75, 3.05) is 43.0 Å². The van der Waals surface area contributed by atoms with Crippen molar-refractivity contribution in [2.45, 2.75) is 38.0 Å². The third kappa shape index (κ3) is 6.23. The van der Waals surface area contributed by atoms with Crippen molar-refractivity contribution >= 4 is 23.2 Å². The van der Waals surface area contributed by atoms with Gasteiger partial charge in [-0.3, -0.25) is 4.79 Å². The van der Waals surface area contributed by atoms with Crippen LogP contribution in [0, 0.1) is 11.3 Å². The second kappa shape index (κ2) is 12.0. The van der Waals surface area contributed by atoms with Crippen LogP contribution in [0.25, 0.3) is 11.4 Å². The summed E-state index contributed by atoms with van der Waals surface area (Å²) >= 11 is 0. The molecule has 2 atom stereocenters. The molecule has 0 radical (unpaired) electrons. The van der Waals surface area contributed by atoms with Crippen molar-refractivity contribution < 1.29 is 19.0 Å². The first-order valence-corrected chi connectivity index (χ1v) is 13.1. The first-order chi connectivity index (χ1) is 19.0. The number of anilines is 3. The number of likely N-dealkylation sites (tertiary alicyclic amines) is 1. The first-order valence-electron chi connectivity index (χ1n) is 13.1. The van der Waals surface area contributed by atoms with Gasteiger partial charge in [0.15, 0.2) is 12.0 Å². The van der Waals surface area contributed by atoms with Gasteiger partial charge in [-0.1, -0.05) is 0 Å². The Balaban J connectivity index is 1.26. The first kappa shape index (κ1) is 26.3. The highest BCUT2D eigenvalue weighted by molar-refractivity contribution is 5.77. The summed E-state index contributed by atoms with van der Waals surface area (Å²) in [5.74, 6) is 0.476. The van der Waals surface area contributed by atoms with Crippen molar-refractivity contribution in [1.29, 1.82) is 5.26 Å². The number of amides is 1. The van der Waals surface area contributed by atoms with E-state index in [-0.39, 0.29) is 30.8 Å². The summed E-state index contributed by atoms with van der Waals surface area (Å²) in [5.41, 5.74) is 2.86. The predicted octanol–water partition coefficient (Wildman–Crippen LogP) is 3.45. The molecule has 0 aliphatic carbocycles. The second-order valence-electron chi connectivity index (χ2n) is 9.63. The van der Waals surface area contributed by atoms with E-state index in [9.17, 15) is 14.4 Å². The third-order valence-electron chi connectivity index (χ3n) is 7.02. The van der Waals surface area contributed by atoms with Crippen LogP contribution in [0.5, 0.6) is 5.75 Å². The number of nitrogens with zero attached hydrogens (tertiary/aromatic N) is 6. The van der Waals surface area contributed by atoms with E-state index in [1.165, 1.54) is 36.2 Å². The molecule has 2 unspecified atom stereocenters. The van der Waals surface area contributed by atoms with Crippen LogP contribution in [0.4, 0.5) is 21.7 Å². The number of nitrogens with one attached hydrogen (secondary N) is 1. The fourth-order valence-electron chi connectivity index (χ4n) is 4.90. The molecule has 0 saturated carbocycles. The van der Waals surface area contributed by atoms with Gasteiger partial charge in [-0.15, -0.1) is 0 Å². The van der Waals surface area contributed by atoms with Gasteiger partial charge in [-0.05, 0) is 61.7 Å². The van der Waals surface area contributed by atoms with Crippen LogP contribution in [0.2, 0.25) is 0 Å². The average molecular weight is 532 g/mol. The zero-order chi connectivity index (χ0) is 27.2. The number of carbonyl (C=O) groups is 1. The lowest BCUT2D eigenvalue weighted by atomic mass is 10.0. The number of carbonyl (C=O) groups excluding carboxylic acids is 1. The van der Waals surface area contributed by atoms with Gasteiger partial charge in [0.25, 0.3) is 0 Å². The molecule has 202 valence electrons. The molecule has 3 heterocycles. The molecule has 1 aromatic heterocycles. The molecule has 39 heavy (non-hydrogen) atoms. The van der Waals surface area contributed by atoms with Crippen LogP contribution in [0.3, 0.4) is 0 Å². The molecule has 3 aromatic rings. The number of aromatic nitrogens is 3. The van der Waals surface area contributed by atoms with Gasteiger partial charge in [-0.2, -0.15) is 10.2 Å². The van der Waals surface area contributed by atoms with E-state index >= 15 is 0 Å². The van der Waals surface area contributed by atoms with E-state index in [0.29, 0.717) is 17.3 Å². The number of piperidine rings is 2.